The number of aromatic nitrogens is 1. The molecule has 0 aliphatic carbocycles. The van der Waals surface area contributed by atoms with E-state index in [1.165, 1.54) is 17.4 Å². The van der Waals surface area contributed by atoms with Crippen molar-refractivity contribution in [1.82, 2.24) is 4.98 Å². The molecule has 0 radical (unpaired) electrons. The van der Waals surface area contributed by atoms with E-state index >= 15 is 0 Å². The van der Waals surface area contributed by atoms with Crippen molar-refractivity contribution >= 4 is 40.7 Å². The highest BCUT2D eigenvalue weighted by Gasteiger charge is 2.00. The molecule has 2 rings (SSSR count). The first-order chi connectivity index (χ1) is 10.0. The number of urea groups is 1. The Morgan fingerprint density at radius 2 is 1.81 bits per heavy atom. The first-order valence-electron chi connectivity index (χ1n) is 6.10. The zero-order chi connectivity index (χ0) is 15.2. The summed E-state index contributed by atoms with van der Waals surface area (Å²) in [6.07, 6.45) is 3.08. The van der Waals surface area contributed by atoms with Gasteiger partial charge in [-0.25, -0.2) is 9.78 Å². The number of aryl methyl sites for hydroxylation is 1. The molecule has 0 saturated heterocycles. The van der Waals surface area contributed by atoms with Crippen molar-refractivity contribution in [1.29, 1.82) is 0 Å². The highest BCUT2D eigenvalue weighted by molar-refractivity contribution is 7.09. The van der Waals surface area contributed by atoms with Crippen LogP contribution in [0.15, 0.2) is 35.7 Å². The maximum absolute atomic E-state index is 11.7. The van der Waals surface area contributed by atoms with Gasteiger partial charge >= 0.3 is 6.03 Å². The third kappa shape index (κ3) is 4.73. The van der Waals surface area contributed by atoms with E-state index in [1.54, 1.807) is 30.3 Å². The van der Waals surface area contributed by atoms with Crippen LogP contribution in [0.25, 0.3) is 6.08 Å². The lowest BCUT2D eigenvalue weighted by atomic mass is 10.2. The lowest BCUT2D eigenvalue weighted by Gasteiger charge is -2.04. The molecule has 21 heavy (non-hydrogen) atoms. The molecule has 0 aliphatic rings. The summed E-state index contributed by atoms with van der Waals surface area (Å²) in [6, 6.07) is 6.00. The molecule has 1 aromatic carbocycles. The van der Waals surface area contributed by atoms with Gasteiger partial charge < -0.3 is 16.4 Å². The molecule has 2 aromatic rings. The van der Waals surface area contributed by atoms with E-state index in [0.29, 0.717) is 11.4 Å². The average Bonchev–Trinajstić information content (AvgIpc) is 2.84. The monoisotopic (exact) mass is 302 g/mol. The second kappa shape index (κ2) is 6.67. The zero-order valence-corrected chi connectivity index (χ0v) is 12.1. The molecule has 4 N–H and O–H groups in total. The Bertz CT molecular complexity index is 677. The van der Waals surface area contributed by atoms with E-state index in [1.807, 2.05) is 12.3 Å². The van der Waals surface area contributed by atoms with Crippen LogP contribution in [-0.2, 0) is 4.79 Å². The van der Waals surface area contributed by atoms with Crippen LogP contribution in [0.3, 0.4) is 0 Å². The van der Waals surface area contributed by atoms with Gasteiger partial charge in [0, 0.05) is 22.8 Å². The summed E-state index contributed by atoms with van der Waals surface area (Å²) in [6.45, 7) is 1.91. The Balaban J connectivity index is 1.93. The van der Waals surface area contributed by atoms with Crippen LogP contribution in [0, 0.1) is 6.92 Å². The van der Waals surface area contributed by atoms with Crippen molar-refractivity contribution in [3.05, 3.63) is 46.4 Å². The van der Waals surface area contributed by atoms with Gasteiger partial charge in [0.2, 0.25) is 5.91 Å². The molecule has 0 atom stereocenters. The second-order valence-corrected chi connectivity index (χ2v) is 5.24. The second-order valence-electron chi connectivity index (χ2n) is 4.18. The summed E-state index contributed by atoms with van der Waals surface area (Å²) >= 11 is 1.53. The number of anilines is 2. The van der Waals surface area contributed by atoms with Crippen molar-refractivity contribution in [2.24, 2.45) is 5.73 Å². The standard InChI is InChI=1S/C14H14N4O2S/c1-9-16-12(8-21-9)6-7-13(19)17-10-2-4-11(5-3-10)18-14(15)20/h2-8H,1H3,(H,17,19)(H3,15,18,20)/b7-6+. The Morgan fingerprint density at radius 3 is 2.33 bits per heavy atom. The van der Waals surface area contributed by atoms with Gasteiger partial charge in [0.25, 0.3) is 0 Å². The largest absolute Gasteiger partial charge is 0.351 e. The minimum absolute atomic E-state index is 0.253. The van der Waals surface area contributed by atoms with Gasteiger partial charge in [-0.15, -0.1) is 11.3 Å². The van der Waals surface area contributed by atoms with Crippen LogP contribution in [0.2, 0.25) is 0 Å². The maximum atomic E-state index is 11.7. The number of nitrogens with zero attached hydrogens (tertiary/aromatic N) is 1. The van der Waals surface area contributed by atoms with Crippen molar-refractivity contribution in [2.75, 3.05) is 10.6 Å². The summed E-state index contributed by atoms with van der Waals surface area (Å²) in [5.41, 5.74) is 6.95. The van der Waals surface area contributed by atoms with Gasteiger partial charge in [-0.05, 0) is 37.3 Å². The van der Waals surface area contributed by atoms with E-state index in [9.17, 15) is 9.59 Å². The van der Waals surface area contributed by atoms with Crippen LogP contribution < -0.4 is 16.4 Å². The van der Waals surface area contributed by atoms with Crippen LogP contribution in [0.5, 0.6) is 0 Å². The predicted molar refractivity (Wildman–Crippen MR) is 84.2 cm³/mol. The molecule has 3 amide bonds. The number of thiazole rings is 1. The number of amides is 3. The van der Waals surface area contributed by atoms with Gasteiger partial charge in [-0.2, -0.15) is 0 Å². The van der Waals surface area contributed by atoms with E-state index in [0.717, 1.165) is 10.7 Å². The van der Waals surface area contributed by atoms with Crippen molar-refractivity contribution in [3.8, 4) is 0 Å². The highest BCUT2D eigenvalue weighted by Crippen LogP contribution is 2.14. The SMILES string of the molecule is Cc1nc(/C=C/C(=O)Nc2ccc(NC(N)=O)cc2)cs1. The summed E-state index contributed by atoms with van der Waals surface area (Å²) < 4.78 is 0. The summed E-state index contributed by atoms with van der Waals surface area (Å²) in [5, 5.41) is 7.97. The number of primary amides is 1. The fourth-order valence-electron chi connectivity index (χ4n) is 1.58. The summed E-state index contributed by atoms with van der Waals surface area (Å²) in [5.74, 6) is -0.253. The average molecular weight is 302 g/mol. The van der Waals surface area contributed by atoms with Crippen molar-refractivity contribution in [2.45, 2.75) is 6.92 Å². The Hall–Kier alpha value is -2.67. The van der Waals surface area contributed by atoms with E-state index < -0.39 is 6.03 Å². The summed E-state index contributed by atoms with van der Waals surface area (Å²) in [4.78, 5) is 26.7. The number of carbonyl (C=O) groups excluding carboxylic acids is 2. The zero-order valence-electron chi connectivity index (χ0n) is 11.3. The number of benzene rings is 1. The van der Waals surface area contributed by atoms with Gasteiger partial charge in [0.15, 0.2) is 0 Å². The van der Waals surface area contributed by atoms with Gasteiger partial charge in [0.1, 0.15) is 0 Å². The molecule has 0 fully saturated rings. The molecule has 0 spiro atoms. The minimum atomic E-state index is -0.631. The number of hydrogen-bond acceptors (Lipinski definition) is 4. The van der Waals surface area contributed by atoms with Crippen LogP contribution in [0.1, 0.15) is 10.7 Å². The molecule has 0 aliphatic heterocycles. The van der Waals surface area contributed by atoms with E-state index in [2.05, 4.69) is 15.6 Å². The molecule has 6 nitrogen and oxygen atoms in total. The van der Waals surface area contributed by atoms with E-state index in [-0.39, 0.29) is 5.91 Å². The number of carbonyl (C=O) groups is 2. The lowest BCUT2D eigenvalue weighted by Crippen LogP contribution is -2.19. The molecule has 0 unspecified atom stereocenters. The minimum Gasteiger partial charge on any atom is -0.351 e. The van der Waals surface area contributed by atoms with Crippen LogP contribution >= 0.6 is 11.3 Å². The fourth-order valence-corrected chi connectivity index (χ4v) is 2.16. The fraction of sp³-hybridized carbons (Fsp3) is 0.0714. The Kier molecular flexibility index (Phi) is 4.68. The quantitative estimate of drug-likeness (QED) is 0.757. The van der Waals surface area contributed by atoms with Crippen LogP contribution in [-0.4, -0.2) is 16.9 Å². The normalized spacial score (nSPS) is 10.5. The number of hydrogen-bond donors (Lipinski definition) is 3. The summed E-state index contributed by atoms with van der Waals surface area (Å²) in [7, 11) is 0. The first-order valence-corrected chi connectivity index (χ1v) is 6.98. The van der Waals surface area contributed by atoms with Gasteiger partial charge in [0.05, 0.1) is 10.7 Å². The van der Waals surface area contributed by atoms with Gasteiger partial charge in [-0.1, -0.05) is 0 Å². The number of nitrogens with two attached hydrogens (primary N) is 1. The molecular formula is C14H14N4O2S. The third-order valence-electron chi connectivity index (χ3n) is 2.46. The molecule has 0 bridgehead atoms. The molecular weight excluding hydrogens is 288 g/mol. The van der Waals surface area contributed by atoms with Crippen LogP contribution in [0.4, 0.5) is 16.2 Å². The predicted octanol–water partition coefficient (Wildman–Crippen LogP) is 2.59. The Labute approximate surface area is 125 Å². The van der Waals surface area contributed by atoms with E-state index in [4.69, 9.17) is 5.73 Å². The molecule has 108 valence electrons. The maximum Gasteiger partial charge on any atom is 0.316 e. The smallest absolute Gasteiger partial charge is 0.316 e. The van der Waals surface area contributed by atoms with Crippen molar-refractivity contribution < 1.29 is 9.59 Å². The van der Waals surface area contributed by atoms with Crippen molar-refractivity contribution in [3.63, 3.8) is 0 Å². The highest BCUT2D eigenvalue weighted by atomic mass is 32.1. The molecule has 7 heteroatoms. The first kappa shape index (κ1) is 14.7. The molecule has 0 saturated carbocycles. The third-order valence-corrected chi connectivity index (χ3v) is 3.25. The topological polar surface area (TPSA) is 97.1 Å². The Morgan fingerprint density at radius 1 is 1.19 bits per heavy atom. The number of rotatable bonds is 4. The van der Waals surface area contributed by atoms with Gasteiger partial charge in [-0.3, -0.25) is 4.79 Å². The number of nitrogens with one attached hydrogen (secondary N) is 2. The lowest BCUT2D eigenvalue weighted by molar-refractivity contribution is -0.111. The molecule has 1 aromatic heterocycles. The molecule has 1 heterocycles.